The minimum atomic E-state index is -0.327. The molecule has 5 rings (SSSR count). The van der Waals surface area contributed by atoms with Crippen molar-refractivity contribution in [2.45, 2.75) is 11.8 Å². The molecule has 0 fully saturated rings. The predicted octanol–water partition coefficient (Wildman–Crippen LogP) is 5.71. The number of aromatic amines is 1. The molecule has 0 spiro atoms. The van der Waals surface area contributed by atoms with E-state index in [0.29, 0.717) is 0 Å². The lowest BCUT2D eigenvalue weighted by Gasteiger charge is -2.35. The molecule has 0 saturated carbocycles. The number of thiophene rings is 1. The standard InChI is InChI=1S/C25H22N2O2S/c1-28-22-9-8-19(14-23(22)29-2)25(18-6-4-3-5-7-18)12-10-20-21(15-25)26-27-24(20)17-11-13-30-16-17/h3-14,16H,15H2,1-2H3,(H,26,27). The van der Waals surface area contributed by atoms with Crippen molar-refractivity contribution in [1.82, 2.24) is 10.2 Å². The van der Waals surface area contributed by atoms with E-state index in [4.69, 9.17) is 9.47 Å². The Morgan fingerprint density at radius 1 is 0.967 bits per heavy atom. The van der Waals surface area contributed by atoms with E-state index in [2.05, 4.69) is 81.6 Å². The van der Waals surface area contributed by atoms with E-state index >= 15 is 0 Å². The Morgan fingerprint density at radius 3 is 2.53 bits per heavy atom. The fraction of sp³-hybridized carbons (Fsp3) is 0.160. The first-order valence-electron chi connectivity index (χ1n) is 9.82. The van der Waals surface area contributed by atoms with Gasteiger partial charge in [0.15, 0.2) is 11.5 Å². The summed E-state index contributed by atoms with van der Waals surface area (Å²) in [5.74, 6) is 1.46. The highest BCUT2D eigenvalue weighted by molar-refractivity contribution is 7.08. The Morgan fingerprint density at radius 2 is 1.80 bits per heavy atom. The number of aromatic nitrogens is 2. The van der Waals surface area contributed by atoms with Gasteiger partial charge in [-0.1, -0.05) is 48.6 Å². The summed E-state index contributed by atoms with van der Waals surface area (Å²) in [6.45, 7) is 0. The number of rotatable bonds is 5. The topological polar surface area (TPSA) is 47.1 Å². The van der Waals surface area contributed by atoms with Gasteiger partial charge in [0.25, 0.3) is 0 Å². The van der Waals surface area contributed by atoms with E-state index in [1.165, 1.54) is 11.1 Å². The van der Waals surface area contributed by atoms with Crippen LogP contribution in [0.5, 0.6) is 11.5 Å². The zero-order valence-corrected chi connectivity index (χ0v) is 17.7. The largest absolute Gasteiger partial charge is 0.493 e. The number of allylic oxidation sites excluding steroid dienone is 1. The summed E-state index contributed by atoms with van der Waals surface area (Å²) in [5, 5.41) is 12.2. The summed E-state index contributed by atoms with van der Waals surface area (Å²) in [4.78, 5) is 0. The van der Waals surface area contributed by atoms with Gasteiger partial charge in [-0.15, -0.1) is 0 Å². The second-order valence-electron chi connectivity index (χ2n) is 7.39. The summed E-state index contributed by atoms with van der Waals surface area (Å²) in [7, 11) is 3.33. The highest BCUT2D eigenvalue weighted by Gasteiger charge is 2.37. The Hall–Kier alpha value is -3.31. The number of H-pyrrole nitrogens is 1. The highest BCUT2D eigenvalue weighted by Crippen LogP contribution is 2.45. The second kappa shape index (κ2) is 7.50. The number of fused-ring (bicyclic) bond motifs is 1. The molecule has 0 saturated heterocycles. The van der Waals surface area contributed by atoms with Crippen molar-refractivity contribution in [3.8, 4) is 22.8 Å². The Balaban J connectivity index is 1.67. The molecular formula is C25H22N2O2S. The van der Waals surface area contributed by atoms with E-state index in [1.807, 2.05) is 6.07 Å². The summed E-state index contributed by atoms with van der Waals surface area (Å²) in [6.07, 6.45) is 5.30. The normalized spacial score (nSPS) is 17.5. The average molecular weight is 415 g/mol. The first kappa shape index (κ1) is 18.7. The number of nitrogens with one attached hydrogen (secondary N) is 1. The smallest absolute Gasteiger partial charge is 0.161 e. The first-order valence-corrected chi connectivity index (χ1v) is 10.8. The van der Waals surface area contributed by atoms with Gasteiger partial charge in [0.05, 0.1) is 14.2 Å². The van der Waals surface area contributed by atoms with Crippen molar-refractivity contribution in [2.24, 2.45) is 0 Å². The summed E-state index contributed by atoms with van der Waals surface area (Å²) < 4.78 is 11.1. The molecule has 5 heteroatoms. The van der Waals surface area contributed by atoms with Gasteiger partial charge in [-0.3, -0.25) is 5.10 Å². The Bertz CT molecular complexity index is 1200. The second-order valence-corrected chi connectivity index (χ2v) is 8.17. The van der Waals surface area contributed by atoms with Crippen LogP contribution in [0.3, 0.4) is 0 Å². The van der Waals surface area contributed by atoms with Crippen LogP contribution in [0.1, 0.15) is 22.4 Å². The molecule has 0 radical (unpaired) electrons. The number of ether oxygens (including phenoxy) is 2. The molecule has 2 heterocycles. The van der Waals surface area contributed by atoms with Crippen molar-refractivity contribution in [3.63, 3.8) is 0 Å². The van der Waals surface area contributed by atoms with Crippen LogP contribution in [0, 0.1) is 0 Å². The van der Waals surface area contributed by atoms with Crippen LogP contribution in [0.25, 0.3) is 17.3 Å². The zero-order chi connectivity index (χ0) is 20.6. The Labute approximate surface area is 179 Å². The maximum atomic E-state index is 5.60. The third-order valence-corrected chi connectivity index (χ3v) is 6.54. The molecule has 0 aliphatic heterocycles. The van der Waals surface area contributed by atoms with Crippen LogP contribution in [-0.4, -0.2) is 24.4 Å². The molecular weight excluding hydrogens is 392 g/mol. The van der Waals surface area contributed by atoms with Gasteiger partial charge in [-0.2, -0.15) is 16.4 Å². The Kier molecular flexibility index (Phi) is 4.68. The van der Waals surface area contributed by atoms with E-state index < -0.39 is 0 Å². The van der Waals surface area contributed by atoms with Crippen LogP contribution >= 0.6 is 11.3 Å². The maximum Gasteiger partial charge on any atom is 0.161 e. The van der Waals surface area contributed by atoms with Crippen molar-refractivity contribution in [3.05, 3.63) is 93.8 Å². The van der Waals surface area contributed by atoms with Crippen molar-refractivity contribution in [1.29, 1.82) is 0 Å². The van der Waals surface area contributed by atoms with Crippen LogP contribution < -0.4 is 9.47 Å². The van der Waals surface area contributed by atoms with Gasteiger partial charge in [-0.05, 0) is 34.7 Å². The quantitative estimate of drug-likeness (QED) is 0.455. The molecule has 2 aromatic carbocycles. The van der Waals surface area contributed by atoms with Crippen LogP contribution in [0.4, 0.5) is 0 Å². The van der Waals surface area contributed by atoms with Gasteiger partial charge in [0, 0.05) is 34.0 Å². The molecule has 1 atom stereocenters. The van der Waals surface area contributed by atoms with E-state index in [1.54, 1.807) is 25.6 Å². The van der Waals surface area contributed by atoms with Gasteiger partial charge in [0.2, 0.25) is 0 Å². The maximum absolute atomic E-state index is 5.60. The average Bonchev–Trinajstić information content (AvgIpc) is 3.48. The third-order valence-electron chi connectivity index (χ3n) is 5.86. The molecule has 1 aliphatic carbocycles. The van der Waals surface area contributed by atoms with Crippen LogP contribution in [0.2, 0.25) is 0 Å². The summed E-state index contributed by atoms with van der Waals surface area (Å²) >= 11 is 1.69. The summed E-state index contributed by atoms with van der Waals surface area (Å²) in [5.41, 5.74) is 6.52. The van der Waals surface area contributed by atoms with Crippen molar-refractivity contribution < 1.29 is 9.47 Å². The SMILES string of the molecule is COc1ccc(C2(c3ccccc3)C=Cc3c(-c4ccsc4)n[nH]c3C2)cc1OC. The van der Waals surface area contributed by atoms with Crippen LogP contribution in [0.15, 0.2) is 71.4 Å². The lowest BCUT2D eigenvalue weighted by molar-refractivity contribution is 0.354. The number of nitrogens with zero attached hydrogens (tertiary/aromatic N) is 1. The number of methoxy groups -OCH3 is 2. The molecule has 150 valence electrons. The number of benzene rings is 2. The third kappa shape index (κ3) is 2.94. The fourth-order valence-electron chi connectivity index (χ4n) is 4.30. The molecule has 4 aromatic rings. The number of hydrogen-bond acceptors (Lipinski definition) is 4. The van der Waals surface area contributed by atoms with Crippen molar-refractivity contribution >= 4 is 17.4 Å². The van der Waals surface area contributed by atoms with E-state index in [9.17, 15) is 0 Å². The molecule has 4 nitrogen and oxygen atoms in total. The van der Waals surface area contributed by atoms with Crippen LogP contribution in [-0.2, 0) is 11.8 Å². The molecule has 1 N–H and O–H groups in total. The molecule has 2 aromatic heterocycles. The zero-order valence-electron chi connectivity index (χ0n) is 16.9. The minimum Gasteiger partial charge on any atom is -0.493 e. The van der Waals surface area contributed by atoms with Gasteiger partial charge >= 0.3 is 0 Å². The lowest BCUT2D eigenvalue weighted by atomic mass is 9.68. The van der Waals surface area contributed by atoms with Gasteiger partial charge < -0.3 is 9.47 Å². The molecule has 1 unspecified atom stereocenters. The monoisotopic (exact) mass is 414 g/mol. The first-order chi connectivity index (χ1) is 14.7. The van der Waals surface area contributed by atoms with E-state index in [0.717, 1.165) is 40.4 Å². The molecule has 0 amide bonds. The highest BCUT2D eigenvalue weighted by atomic mass is 32.1. The molecule has 0 bridgehead atoms. The summed E-state index contributed by atoms with van der Waals surface area (Å²) in [6, 6.07) is 18.9. The lowest BCUT2D eigenvalue weighted by Crippen LogP contribution is -2.30. The van der Waals surface area contributed by atoms with E-state index in [-0.39, 0.29) is 5.41 Å². The minimum absolute atomic E-state index is 0.327. The van der Waals surface area contributed by atoms with Crippen molar-refractivity contribution in [2.75, 3.05) is 14.2 Å². The van der Waals surface area contributed by atoms with Gasteiger partial charge in [0.1, 0.15) is 5.69 Å². The predicted molar refractivity (Wildman–Crippen MR) is 121 cm³/mol. The number of hydrogen-bond donors (Lipinski definition) is 1. The molecule has 1 aliphatic rings. The van der Waals surface area contributed by atoms with Gasteiger partial charge in [-0.25, -0.2) is 0 Å². The fourth-order valence-corrected chi connectivity index (χ4v) is 4.94. The molecule has 30 heavy (non-hydrogen) atoms.